The number of unbranched alkanes of at least 4 members (excludes halogenated alkanes) is 10. The number of nitrogens with zero attached hydrogens (tertiary/aromatic N) is 1. The lowest BCUT2D eigenvalue weighted by Crippen LogP contribution is -2.25. The predicted molar refractivity (Wildman–Crippen MR) is 238 cm³/mol. The van der Waals surface area contributed by atoms with Crippen LogP contribution in [0.5, 0.6) is 0 Å². The van der Waals surface area contributed by atoms with Gasteiger partial charge in [0.25, 0.3) is 0 Å². The highest BCUT2D eigenvalue weighted by atomic mass is 15.0. The Balaban J connectivity index is 1.09. The van der Waals surface area contributed by atoms with Gasteiger partial charge in [-0.05, 0) is 94.8 Å². The van der Waals surface area contributed by atoms with Crippen LogP contribution in [0.3, 0.4) is 0 Å². The van der Waals surface area contributed by atoms with Crippen molar-refractivity contribution in [2.45, 2.75) is 109 Å². The summed E-state index contributed by atoms with van der Waals surface area (Å²) in [6.07, 6.45) is 18.5. The van der Waals surface area contributed by atoms with E-state index >= 15 is 0 Å². The third-order valence-corrected chi connectivity index (χ3v) is 12.4. The Morgan fingerprint density at radius 1 is 0.455 bits per heavy atom. The van der Waals surface area contributed by atoms with E-state index < -0.39 is 0 Å². The van der Waals surface area contributed by atoms with Gasteiger partial charge in [0.05, 0.1) is 11.0 Å². The van der Waals surface area contributed by atoms with Crippen molar-refractivity contribution in [3.63, 3.8) is 0 Å². The Labute approximate surface area is 329 Å². The summed E-state index contributed by atoms with van der Waals surface area (Å²) < 4.78 is 2.40. The van der Waals surface area contributed by atoms with Gasteiger partial charge in [-0.15, -0.1) is 0 Å². The van der Waals surface area contributed by atoms with Crippen LogP contribution >= 0.6 is 0 Å². The molecule has 0 radical (unpaired) electrons. The molecule has 0 spiro atoms. The number of aromatic nitrogens is 1. The first-order chi connectivity index (χ1) is 27.2. The number of anilines is 2. The highest BCUT2D eigenvalue weighted by molar-refractivity contribution is 6.15. The molecule has 1 heterocycles. The fourth-order valence-electron chi connectivity index (χ4n) is 9.63. The molecule has 1 aliphatic rings. The number of fused-ring (bicyclic) bond motifs is 6. The van der Waals surface area contributed by atoms with Gasteiger partial charge in [0.2, 0.25) is 0 Å². The van der Waals surface area contributed by atoms with Crippen LogP contribution in [0.25, 0.3) is 49.7 Å². The number of para-hydroxylation sites is 2. The second-order valence-electron chi connectivity index (χ2n) is 16.0. The Morgan fingerprint density at radius 2 is 1.04 bits per heavy atom. The van der Waals surface area contributed by atoms with Crippen LogP contribution in [0.4, 0.5) is 11.4 Å². The van der Waals surface area contributed by atoms with Gasteiger partial charge < -0.3 is 9.88 Å². The van der Waals surface area contributed by atoms with Gasteiger partial charge in [0.1, 0.15) is 0 Å². The quantitative estimate of drug-likeness (QED) is 0.0873. The molecule has 1 aromatic heterocycles. The molecule has 0 aliphatic heterocycles. The van der Waals surface area contributed by atoms with E-state index in [1.165, 1.54) is 145 Å². The van der Waals surface area contributed by atoms with Crippen molar-refractivity contribution in [1.82, 2.24) is 4.57 Å². The van der Waals surface area contributed by atoms with Gasteiger partial charge in [-0.2, -0.15) is 0 Å². The van der Waals surface area contributed by atoms with Crippen molar-refractivity contribution >= 4 is 33.2 Å². The molecule has 0 saturated heterocycles. The van der Waals surface area contributed by atoms with E-state index in [-0.39, 0.29) is 5.41 Å². The van der Waals surface area contributed by atoms with Gasteiger partial charge in [-0.25, -0.2) is 0 Å². The van der Waals surface area contributed by atoms with E-state index in [4.69, 9.17) is 0 Å². The largest absolute Gasteiger partial charge is 0.356 e. The van der Waals surface area contributed by atoms with Crippen molar-refractivity contribution < 1.29 is 0 Å². The summed E-state index contributed by atoms with van der Waals surface area (Å²) in [4.78, 5) is 0. The molecule has 2 nitrogen and oxygen atoms in total. The first kappa shape index (κ1) is 36.9. The summed E-state index contributed by atoms with van der Waals surface area (Å²) in [6.45, 7) is 4.63. The van der Waals surface area contributed by atoms with E-state index in [1.807, 2.05) is 0 Å². The number of hydrogen-bond donors (Lipinski definition) is 1. The van der Waals surface area contributed by atoms with Gasteiger partial charge in [-0.3, -0.25) is 0 Å². The lowest BCUT2D eigenvalue weighted by Gasteiger charge is -2.33. The Hall–Kier alpha value is -5.08. The second kappa shape index (κ2) is 17.2. The zero-order valence-corrected chi connectivity index (χ0v) is 33.1. The Morgan fingerprint density at radius 3 is 1.78 bits per heavy atom. The molecule has 8 rings (SSSR count). The van der Waals surface area contributed by atoms with Crippen LogP contribution in [0.1, 0.15) is 115 Å². The van der Waals surface area contributed by atoms with Crippen LogP contribution in [-0.4, -0.2) is 4.57 Å². The van der Waals surface area contributed by atoms with Gasteiger partial charge in [-0.1, -0.05) is 182 Å². The first-order valence-corrected chi connectivity index (χ1v) is 21.4. The molecule has 0 unspecified atom stereocenters. The molecule has 6 aromatic carbocycles. The molecule has 2 heteroatoms. The molecule has 280 valence electrons. The average molecular weight is 723 g/mol. The van der Waals surface area contributed by atoms with Crippen molar-refractivity contribution in [2.24, 2.45) is 0 Å². The monoisotopic (exact) mass is 722 g/mol. The predicted octanol–water partition coefficient (Wildman–Crippen LogP) is 16.0. The van der Waals surface area contributed by atoms with Crippen LogP contribution in [0.2, 0.25) is 0 Å². The Bertz CT molecular complexity index is 2310. The molecule has 0 amide bonds. The number of benzene rings is 6. The van der Waals surface area contributed by atoms with Gasteiger partial charge in [0.15, 0.2) is 0 Å². The van der Waals surface area contributed by atoms with E-state index in [9.17, 15) is 0 Å². The van der Waals surface area contributed by atoms with Crippen molar-refractivity contribution in [3.05, 3.63) is 151 Å². The number of hydrogen-bond acceptors (Lipinski definition) is 1. The van der Waals surface area contributed by atoms with E-state index in [2.05, 4.69) is 163 Å². The molecule has 55 heavy (non-hydrogen) atoms. The molecule has 0 fully saturated rings. The molecule has 1 aliphatic carbocycles. The molecule has 7 aromatic rings. The highest BCUT2D eigenvalue weighted by Gasteiger charge is 2.42. The normalized spacial score (nSPS) is 13.0. The second-order valence-corrected chi connectivity index (χ2v) is 16.0. The smallest absolute Gasteiger partial charge is 0.0547 e. The summed E-state index contributed by atoms with van der Waals surface area (Å²) in [5.41, 5.74) is 14.5. The minimum Gasteiger partial charge on any atom is -0.356 e. The van der Waals surface area contributed by atoms with Crippen LogP contribution in [0.15, 0.2) is 140 Å². The molecule has 0 atom stereocenters. The zero-order valence-electron chi connectivity index (χ0n) is 33.1. The fourth-order valence-corrected chi connectivity index (χ4v) is 9.63. The zero-order chi connectivity index (χ0) is 37.5. The lowest BCUT2D eigenvalue weighted by atomic mass is 9.70. The number of rotatable bonds is 18. The van der Waals surface area contributed by atoms with E-state index in [1.54, 1.807) is 11.1 Å². The van der Waals surface area contributed by atoms with E-state index in [0.717, 1.165) is 5.69 Å². The van der Waals surface area contributed by atoms with Crippen molar-refractivity contribution in [1.29, 1.82) is 0 Å². The lowest BCUT2D eigenvalue weighted by molar-refractivity contribution is 0.398. The molecule has 1 N–H and O–H groups in total. The topological polar surface area (TPSA) is 17.0 Å². The summed E-state index contributed by atoms with van der Waals surface area (Å²) in [6, 6.07) is 51.9. The molecular weight excluding hydrogens is 665 g/mol. The summed E-state index contributed by atoms with van der Waals surface area (Å²) in [5.74, 6) is 0. The first-order valence-electron chi connectivity index (χ1n) is 21.4. The number of nitrogens with one attached hydrogen (secondary N) is 1. The summed E-state index contributed by atoms with van der Waals surface area (Å²) in [5, 5.41) is 6.43. The third kappa shape index (κ3) is 7.49. The maximum atomic E-state index is 3.85. The van der Waals surface area contributed by atoms with Crippen LogP contribution in [-0.2, 0) is 5.41 Å². The van der Waals surface area contributed by atoms with Crippen LogP contribution in [0, 0.1) is 0 Å². The fraction of sp³-hybridized carbons (Fsp3) is 0.321. The summed E-state index contributed by atoms with van der Waals surface area (Å²) >= 11 is 0. The maximum absolute atomic E-state index is 3.85. The minimum absolute atomic E-state index is 0.0839. The summed E-state index contributed by atoms with van der Waals surface area (Å²) in [7, 11) is 0. The highest BCUT2D eigenvalue weighted by Crippen LogP contribution is 2.55. The Kier molecular flexibility index (Phi) is 11.5. The minimum atomic E-state index is 0.0839. The van der Waals surface area contributed by atoms with Gasteiger partial charge in [0, 0.05) is 33.2 Å². The average Bonchev–Trinajstić information content (AvgIpc) is 3.71. The van der Waals surface area contributed by atoms with Crippen molar-refractivity contribution in [2.75, 3.05) is 5.32 Å². The third-order valence-electron chi connectivity index (χ3n) is 12.4. The maximum Gasteiger partial charge on any atom is 0.0547 e. The molecular formula is C53H58N2. The van der Waals surface area contributed by atoms with Crippen LogP contribution < -0.4 is 5.32 Å². The molecule has 0 saturated carbocycles. The molecule has 0 bridgehead atoms. The standard InChI is InChI=1S/C53H58N2/c1-3-5-7-9-11-20-37-53(38-21-12-10-8-6-4-2)48-28-18-16-25-45(48)46-36-35-42(39-49(46)53)54-41-33-31-40(32-34-41)44-27-22-30-51-52(44)47-26-17-19-29-50(47)55(51)43-23-14-13-15-24-43/h13-19,22-36,39,54H,3-12,20-21,37-38H2,1-2H3. The van der Waals surface area contributed by atoms with E-state index in [0.29, 0.717) is 0 Å². The van der Waals surface area contributed by atoms with Gasteiger partial charge >= 0.3 is 0 Å². The van der Waals surface area contributed by atoms with Crippen molar-refractivity contribution in [3.8, 4) is 27.9 Å². The SMILES string of the molecule is CCCCCCCCC1(CCCCCCCC)c2ccccc2-c2ccc(Nc3ccc(-c4cccc5c4c4ccccc4n5-c4ccccc4)cc3)cc21.